The fourth-order valence-electron chi connectivity index (χ4n) is 1.72. The van der Waals surface area contributed by atoms with Crippen LogP contribution in [0.5, 0.6) is 0 Å². The number of fused-ring (bicyclic) bond motifs is 1. The van der Waals surface area contributed by atoms with Crippen molar-refractivity contribution in [3.8, 4) is 10.7 Å². The van der Waals surface area contributed by atoms with Gasteiger partial charge < -0.3 is 0 Å². The molecule has 0 fully saturated rings. The van der Waals surface area contributed by atoms with E-state index in [2.05, 4.69) is 35.9 Å². The van der Waals surface area contributed by atoms with Crippen LogP contribution in [0.2, 0.25) is 4.47 Å². The monoisotopic (exact) mass is 280 g/mol. The third-order valence-electron chi connectivity index (χ3n) is 2.64. The second kappa shape index (κ2) is 4.05. The van der Waals surface area contributed by atoms with Gasteiger partial charge >= 0.3 is 0 Å². The van der Waals surface area contributed by atoms with Gasteiger partial charge in [-0.05, 0) is 25.0 Å². The van der Waals surface area contributed by atoms with E-state index in [-0.39, 0.29) is 0 Å². The summed E-state index contributed by atoms with van der Waals surface area (Å²) in [6, 6.07) is 4.24. The molecule has 0 amide bonds. The number of nitrogens with zero attached hydrogens (tertiary/aromatic N) is 2. The lowest BCUT2D eigenvalue weighted by molar-refractivity contribution is 1.35. The number of benzene rings is 1. The number of hydrogen-bond donors (Lipinski definition) is 0. The maximum Gasteiger partial charge on any atom is 0.184 e. The van der Waals surface area contributed by atoms with Crippen LogP contribution >= 0.6 is 34.3 Å². The van der Waals surface area contributed by atoms with Crippen LogP contribution in [-0.4, -0.2) is 9.97 Å². The summed E-state index contributed by atoms with van der Waals surface area (Å²) in [7, 11) is 0. The molecule has 2 nitrogen and oxygen atoms in total. The molecule has 17 heavy (non-hydrogen) atoms. The van der Waals surface area contributed by atoms with Gasteiger partial charge in [-0.1, -0.05) is 23.7 Å². The smallest absolute Gasteiger partial charge is 0.184 e. The van der Waals surface area contributed by atoms with E-state index in [1.54, 1.807) is 11.3 Å². The van der Waals surface area contributed by atoms with Gasteiger partial charge in [0.1, 0.15) is 10.7 Å². The SMILES string of the molecule is Cc1ccc(C)c2sc(-c3csc(Cl)n3)nc12. The Morgan fingerprint density at radius 1 is 1.12 bits per heavy atom. The van der Waals surface area contributed by atoms with Gasteiger partial charge in [0, 0.05) is 5.38 Å². The van der Waals surface area contributed by atoms with E-state index in [1.807, 2.05) is 5.38 Å². The molecule has 0 atom stereocenters. The molecule has 86 valence electrons. The third kappa shape index (κ3) is 1.86. The molecule has 3 rings (SSSR count). The van der Waals surface area contributed by atoms with Crippen molar-refractivity contribution >= 4 is 44.5 Å². The summed E-state index contributed by atoms with van der Waals surface area (Å²) in [5.74, 6) is 0. The van der Waals surface area contributed by atoms with Crippen LogP contribution in [0.15, 0.2) is 17.5 Å². The van der Waals surface area contributed by atoms with Crippen LogP contribution in [0.4, 0.5) is 0 Å². The van der Waals surface area contributed by atoms with Crippen LogP contribution in [0.25, 0.3) is 20.9 Å². The summed E-state index contributed by atoms with van der Waals surface area (Å²) in [6.07, 6.45) is 0. The van der Waals surface area contributed by atoms with E-state index in [0.717, 1.165) is 16.2 Å². The van der Waals surface area contributed by atoms with E-state index < -0.39 is 0 Å². The molecule has 0 bridgehead atoms. The van der Waals surface area contributed by atoms with Crippen molar-refractivity contribution in [3.05, 3.63) is 33.1 Å². The molecular formula is C12H9ClN2S2. The average molecular weight is 281 g/mol. The Hall–Kier alpha value is -0.970. The first-order valence-electron chi connectivity index (χ1n) is 5.13. The predicted octanol–water partition coefficient (Wildman–Crippen LogP) is 4.69. The normalized spacial score (nSPS) is 11.2. The molecule has 0 saturated heterocycles. The molecule has 0 radical (unpaired) electrons. The highest BCUT2D eigenvalue weighted by Crippen LogP contribution is 2.34. The molecule has 1 aromatic carbocycles. The van der Waals surface area contributed by atoms with E-state index in [9.17, 15) is 0 Å². The van der Waals surface area contributed by atoms with Crippen molar-refractivity contribution in [1.29, 1.82) is 0 Å². The van der Waals surface area contributed by atoms with Crippen LogP contribution in [-0.2, 0) is 0 Å². The average Bonchev–Trinajstić information content (AvgIpc) is 2.90. The molecule has 0 saturated carbocycles. The number of aryl methyl sites for hydroxylation is 2. The summed E-state index contributed by atoms with van der Waals surface area (Å²) in [5, 5.41) is 2.89. The van der Waals surface area contributed by atoms with Gasteiger partial charge in [-0.15, -0.1) is 22.7 Å². The molecule has 5 heteroatoms. The molecule has 0 aliphatic rings. The van der Waals surface area contributed by atoms with Crippen molar-refractivity contribution in [1.82, 2.24) is 9.97 Å². The van der Waals surface area contributed by atoms with Crippen molar-refractivity contribution in [3.63, 3.8) is 0 Å². The standard InChI is InChI=1S/C12H9ClN2S2/c1-6-3-4-7(2)10-9(6)15-11(17-10)8-5-16-12(13)14-8/h3-5H,1-2H3. The van der Waals surface area contributed by atoms with Crippen molar-refractivity contribution < 1.29 is 0 Å². The fourth-order valence-corrected chi connectivity index (χ4v) is 3.61. The maximum atomic E-state index is 5.86. The zero-order valence-corrected chi connectivity index (χ0v) is 11.7. The van der Waals surface area contributed by atoms with Gasteiger partial charge in [0.05, 0.1) is 10.2 Å². The Morgan fingerprint density at radius 2 is 1.88 bits per heavy atom. The topological polar surface area (TPSA) is 25.8 Å². The Bertz CT molecular complexity index is 661. The van der Waals surface area contributed by atoms with Crippen molar-refractivity contribution in [2.45, 2.75) is 13.8 Å². The zero-order valence-electron chi connectivity index (χ0n) is 9.32. The summed E-state index contributed by atoms with van der Waals surface area (Å²) >= 11 is 8.97. The molecule has 0 unspecified atom stereocenters. The maximum absolute atomic E-state index is 5.86. The first-order chi connectivity index (χ1) is 8.15. The number of thiazole rings is 2. The lowest BCUT2D eigenvalue weighted by atomic mass is 10.1. The Balaban J connectivity index is 2.26. The highest BCUT2D eigenvalue weighted by atomic mass is 35.5. The first kappa shape index (κ1) is 11.1. The predicted molar refractivity (Wildman–Crippen MR) is 75.2 cm³/mol. The van der Waals surface area contributed by atoms with Crippen LogP contribution in [0, 0.1) is 13.8 Å². The first-order valence-corrected chi connectivity index (χ1v) is 7.20. The summed E-state index contributed by atoms with van der Waals surface area (Å²) in [5.41, 5.74) is 4.42. The van der Waals surface area contributed by atoms with Gasteiger partial charge in [-0.3, -0.25) is 0 Å². The van der Waals surface area contributed by atoms with E-state index in [1.165, 1.54) is 27.2 Å². The number of rotatable bonds is 1. The highest BCUT2D eigenvalue weighted by molar-refractivity contribution is 7.22. The van der Waals surface area contributed by atoms with E-state index in [0.29, 0.717) is 4.47 Å². The molecule has 2 aromatic heterocycles. The highest BCUT2D eigenvalue weighted by Gasteiger charge is 2.12. The number of halogens is 1. The minimum absolute atomic E-state index is 0.563. The number of hydrogen-bond acceptors (Lipinski definition) is 4. The second-order valence-corrected chi connectivity index (χ2v) is 6.32. The van der Waals surface area contributed by atoms with Gasteiger partial charge in [0.15, 0.2) is 4.47 Å². The molecule has 3 aromatic rings. The van der Waals surface area contributed by atoms with Crippen LogP contribution in [0.3, 0.4) is 0 Å². The Kier molecular flexibility index (Phi) is 2.65. The van der Waals surface area contributed by atoms with Crippen molar-refractivity contribution in [2.24, 2.45) is 0 Å². The Labute approximate surface area is 112 Å². The second-order valence-electron chi connectivity index (χ2n) is 3.88. The quantitative estimate of drug-likeness (QED) is 0.646. The van der Waals surface area contributed by atoms with Gasteiger partial charge in [0.2, 0.25) is 0 Å². The molecule has 0 spiro atoms. The summed E-state index contributed by atoms with van der Waals surface area (Å²) in [6.45, 7) is 4.19. The molecule has 2 heterocycles. The summed E-state index contributed by atoms with van der Waals surface area (Å²) in [4.78, 5) is 8.93. The number of aromatic nitrogens is 2. The summed E-state index contributed by atoms with van der Waals surface area (Å²) < 4.78 is 1.80. The van der Waals surface area contributed by atoms with E-state index in [4.69, 9.17) is 11.6 Å². The van der Waals surface area contributed by atoms with Gasteiger partial charge in [0.25, 0.3) is 0 Å². The van der Waals surface area contributed by atoms with Crippen molar-refractivity contribution in [2.75, 3.05) is 0 Å². The van der Waals surface area contributed by atoms with Gasteiger partial charge in [-0.2, -0.15) is 0 Å². The minimum Gasteiger partial charge on any atom is -0.234 e. The fraction of sp³-hybridized carbons (Fsp3) is 0.167. The van der Waals surface area contributed by atoms with Crippen LogP contribution < -0.4 is 0 Å². The van der Waals surface area contributed by atoms with Gasteiger partial charge in [-0.25, -0.2) is 9.97 Å². The third-order valence-corrected chi connectivity index (χ3v) is 4.83. The molecule has 0 aliphatic heterocycles. The lowest BCUT2D eigenvalue weighted by Gasteiger charge is -1.96. The van der Waals surface area contributed by atoms with Crippen LogP contribution in [0.1, 0.15) is 11.1 Å². The largest absolute Gasteiger partial charge is 0.234 e. The molecule has 0 N–H and O–H groups in total. The lowest BCUT2D eigenvalue weighted by Crippen LogP contribution is -1.79. The Morgan fingerprint density at radius 3 is 2.53 bits per heavy atom. The van der Waals surface area contributed by atoms with E-state index >= 15 is 0 Å². The minimum atomic E-state index is 0.563. The molecule has 0 aliphatic carbocycles. The molecular weight excluding hydrogens is 272 g/mol. The zero-order chi connectivity index (χ0) is 12.0.